The summed E-state index contributed by atoms with van der Waals surface area (Å²) in [7, 11) is -3.75. The Bertz CT molecular complexity index is 1780. The Hall–Kier alpha value is -3.31. The van der Waals surface area contributed by atoms with E-state index in [-0.39, 0.29) is 16.6 Å². The monoisotopic (exact) mass is 623 g/mol. The number of benzene rings is 3. The fourth-order valence-electron chi connectivity index (χ4n) is 5.39. The van der Waals surface area contributed by atoms with Gasteiger partial charge in [-0.1, -0.05) is 34.1 Å². The Morgan fingerprint density at radius 2 is 1.82 bits per heavy atom. The fourth-order valence-corrected chi connectivity index (χ4v) is 7.19. The summed E-state index contributed by atoms with van der Waals surface area (Å²) in [6, 6.07) is 17.4. The van der Waals surface area contributed by atoms with Gasteiger partial charge in [-0.3, -0.25) is 4.79 Å². The molecular formula is C30H27BrFN3O4S. The summed E-state index contributed by atoms with van der Waals surface area (Å²) in [5, 5.41) is 0.889. The molecule has 1 fully saturated rings. The molecule has 2 aliphatic rings. The largest absolute Gasteiger partial charge is 0.379 e. The molecule has 206 valence electrons. The highest BCUT2D eigenvalue weighted by molar-refractivity contribution is 9.10. The topological polar surface area (TPSA) is 71.9 Å². The summed E-state index contributed by atoms with van der Waals surface area (Å²) in [5.41, 5.74) is 3.89. The molecule has 0 saturated carbocycles. The van der Waals surface area contributed by atoms with Crippen LogP contribution in [0.25, 0.3) is 22.6 Å². The summed E-state index contributed by atoms with van der Waals surface area (Å²) in [6.07, 6.45) is 3.72. The van der Waals surface area contributed by atoms with Gasteiger partial charge < -0.3 is 14.2 Å². The molecule has 6 rings (SSSR count). The summed E-state index contributed by atoms with van der Waals surface area (Å²) < 4.78 is 50.9. The number of hydrogen-bond donors (Lipinski definition) is 0. The maximum absolute atomic E-state index is 14.5. The highest BCUT2D eigenvalue weighted by Crippen LogP contribution is 2.40. The number of rotatable bonds is 6. The van der Waals surface area contributed by atoms with E-state index >= 15 is 0 Å². The lowest BCUT2D eigenvalue weighted by Gasteiger charge is -2.26. The van der Waals surface area contributed by atoms with Crippen molar-refractivity contribution < 1.29 is 22.3 Å². The molecule has 2 aliphatic heterocycles. The normalized spacial score (nSPS) is 17.2. The molecule has 0 N–H and O–H groups in total. The van der Waals surface area contributed by atoms with Crippen LogP contribution in [0.5, 0.6) is 0 Å². The Morgan fingerprint density at radius 3 is 2.58 bits per heavy atom. The molecule has 0 spiro atoms. The third-order valence-corrected chi connectivity index (χ3v) is 9.81. The Kier molecular flexibility index (Phi) is 7.12. The minimum atomic E-state index is -3.75. The van der Waals surface area contributed by atoms with E-state index in [1.807, 2.05) is 42.0 Å². The van der Waals surface area contributed by atoms with E-state index in [0.717, 1.165) is 20.9 Å². The van der Waals surface area contributed by atoms with E-state index in [0.29, 0.717) is 61.8 Å². The van der Waals surface area contributed by atoms with Crippen molar-refractivity contribution in [1.82, 2.24) is 8.87 Å². The lowest BCUT2D eigenvalue weighted by Crippen LogP contribution is -2.40. The molecule has 0 atom stereocenters. The number of likely N-dealkylation sites (N-methyl/N-ethyl adjacent to an activating group) is 1. The number of carbonyl (C=O) groups is 1. The molecule has 1 amide bonds. The summed E-state index contributed by atoms with van der Waals surface area (Å²) in [5.74, 6) is -0.475. The first-order valence-electron chi connectivity index (χ1n) is 13.1. The van der Waals surface area contributed by atoms with Gasteiger partial charge in [0.15, 0.2) is 0 Å². The zero-order chi connectivity index (χ0) is 28.0. The highest BCUT2D eigenvalue weighted by atomic mass is 79.9. The number of anilines is 1. The van der Waals surface area contributed by atoms with Gasteiger partial charge in [-0.2, -0.15) is 4.31 Å². The first kappa shape index (κ1) is 26.9. The quantitative estimate of drug-likeness (QED) is 0.265. The molecule has 0 radical (unpaired) electrons. The van der Waals surface area contributed by atoms with Gasteiger partial charge in [0.05, 0.1) is 30.3 Å². The Morgan fingerprint density at radius 1 is 1.05 bits per heavy atom. The predicted molar refractivity (Wildman–Crippen MR) is 157 cm³/mol. The molecule has 3 heterocycles. The number of aromatic nitrogens is 1. The lowest BCUT2D eigenvalue weighted by molar-refractivity contribution is -0.112. The number of fused-ring (bicyclic) bond motifs is 2. The highest BCUT2D eigenvalue weighted by Gasteiger charge is 2.34. The minimum Gasteiger partial charge on any atom is -0.379 e. The molecule has 4 aromatic rings. The number of nitrogens with zero attached hydrogens (tertiary/aromatic N) is 3. The standard InChI is InChI=1S/C30H27BrFN3O4S/c1-2-35-29-10-8-23(40(37,38)34-11-13-39-14-12-34)17-25(29)26(30(35)36)15-21-19-33(18-20-5-3-4-6-27(20)32)28-9-7-22(31)16-24(21)28/h3-10,15-17,19H,2,11-14,18H2,1H3. The maximum atomic E-state index is 14.5. The smallest absolute Gasteiger partial charge is 0.258 e. The van der Waals surface area contributed by atoms with Gasteiger partial charge in [-0.05, 0) is 55.5 Å². The van der Waals surface area contributed by atoms with Crippen molar-refractivity contribution in [3.8, 4) is 0 Å². The average Bonchev–Trinajstić information content (AvgIpc) is 3.43. The third-order valence-electron chi connectivity index (χ3n) is 7.42. The van der Waals surface area contributed by atoms with Crippen LogP contribution in [0.2, 0.25) is 0 Å². The van der Waals surface area contributed by atoms with Crippen LogP contribution in [0, 0.1) is 5.82 Å². The van der Waals surface area contributed by atoms with Crippen molar-refractivity contribution in [3.05, 3.63) is 93.8 Å². The van der Waals surface area contributed by atoms with E-state index in [1.165, 1.54) is 10.4 Å². The zero-order valence-corrected chi connectivity index (χ0v) is 24.2. The van der Waals surface area contributed by atoms with Crippen molar-refractivity contribution in [2.75, 3.05) is 37.7 Å². The van der Waals surface area contributed by atoms with E-state index in [9.17, 15) is 17.6 Å². The van der Waals surface area contributed by atoms with Gasteiger partial charge in [-0.15, -0.1) is 0 Å². The number of carbonyl (C=O) groups excluding carboxylic acids is 1. The van der Waals surface area contributed by atoms with Gasteiger partial charge in [0.2, 0.25) is 10.0 Å². The van der Waals surface area contributed by atoms with Gasteiger partial charge in [0.1, 0.15) is 5.82 Å². The van der Waals surface area contributed by atoms with Crippen LogP contribution in [-0.4, -0.2) is 56.0 Å². The van der Waals surface area contributed by atoms with Crippen molar-refractivity contribution in [3.63, 3.8) is 0 Å². The van der Waals surface area contributed by atoms with Crippen LogP contribution in [0.15, 0.2) is 76.2 Å². The predicted octanol–water partition coefficient (Wildman–Crippen LogP) is 5.52. The van der Waals surface area contributed by atoms with E-state index in [4.69, 9.17) is 4.74 Å². The Labute approximate surface area is 240 Å². The van der Waals surface area contributed by atoms with Crippen LogP contribution in [0.4, 0.5) is 10.1 Å². The molecule has 10 heteroatoms. The number of sulfonamides is 1. The lowest BCUT2D eigenvalue weighted by atomic mass is 10.0. The number of ether oxygens (including phenoxy) is 1. The molecule has 1 aromatic heterocycles. The summed E-state index contributed by atoms with van der Waals surface area (Å²) in [6.45, 7) is 3.94. The number of halogens is 2. The van der Waals surface area contributed by atoms with Gasteiger partial charge in [0.25, 0.3) is 5.91 Å². The van der Waals surface area contributed by atoms with Gasteiger partial charge in [0, 0.05) is 63.5 Å². The Balaban J connectivity index is 1.48. The van der Waals surface area contributed by atoms with E-state index < -0.39 is 10.0 Å². The summed E-state index contributed by atoms with van der Waals surface area (Å²) in [4.78, 5) is 15.4. The van der Waals surface area contributed by atoms with Crippen LogP contribution >= 0.6 is 15.9 Å². The van der Waals surface area contributed by atoms with Crippen LogP contribution in [0.3, 0.4) is 0 Å². The number of amides is 1. The molecule has 0 bridgehead atoms. The van der Waals surface area contributed by atoms with Crippen molar-refractivity contribution >= 4 is 60.1 Å². The number of hydrogen-bond acceptors (Lipinski definition) is 4. The average molecular weight is 625 g/mol. The van der Waals surface area contributed by atoms with Crippen molar-refractivity contribution in [2.45, 2.75) is 18.4 Å². The van der Waals surface area contributed by atoms with Gasteiger partial charge in [-0.25, -0.2) is 12.8 Å². The van der Waals surface area contributed by atoms with E-state index in [2.05, 4.69) is 15.9 Å². The molecular weight excluding hydrogens is 597 g/mol. The molecule has 7 nitrogen and oxygen atoms in total. The van der Waals surface area contributed by atoms with Crippen LogP contribution in [-0.2, 0) is 26.1 Å². The molecule has 0 unspecified atom stereocenters. The minimum absolute atomic E-state index is 0.148. The second-order valence-electron chi connectivity index (χ2n) is 9.77. The van der Waals surface area contributed by atoms with Crippen LogP contribution < -0.4 is 4.90 Å². The molecule has 40 heavy (non-hydrogen) atoms. The maximum Gasteiger partial charge on any atom is 0.258 e. The van der Waals surface area contributed by atoms with Crippen molar-refractivity contribution in [1.29, 1.82) is 0 Å². The SMILES string of the molecule is CCN1C(=O)C(=Cc2cn(Cc3ccccc3F)c3ccc(Br)cc23)c2cc(S(=O)(=O)N3CCOCC3)ccc21. The van der Waals surface area contributed by atoms with Crippen LogP contribution in [0.1, 0.15) is 23.6 Å². The fraction of sp³-hybridized carbons (Fsp3) is 0.233. The summed E-state index contributed by atoms with van der Waals surface area (Å²) >= 11 is 3.55. The number of morpholine rings is 1. The van der Waals surface area contributed by atoms with E-state index in [1.54, 1.807) is 41.3 Å². The third kappa shape index (κ3) is 4.68. The molecule has 1 saturated heterocycles. The first-order chi connectivity index (χ1) is 19.3. The second kappa shape index (κ2) is 10.6. The first-order valence-corrected chi connectivity index (χ1v) is 15.3. The molecule has 3 aromatic carbocycles. The zero-order valence-electron chi connectivity index (χ0n) is 21.8. The van der Waals surface area contributed by atoms with Crippen molar-refractivity contribution in [2.24, 2.45) is 0 Å². The molecule has 0 aliphatic carbocycles. The van der Waals surface area contributed by atoms with Gasteiger partial charge >= 0.3 is 0 Å². The second-order valence-corrected chi connectivity index (χ2v) is 12.6.